The third kappa shape index (κ3) is 3.87. The molecule has 150 valence electrons. The third-order valence-electron chi connectivity index (χ3n) is 5.01. The molecule has 0 saturated heterocycles. The monoisotopic (exact) mass is 412 g/mol. The van der Waals surface area contributed by atoms with Crippen LogP contribution in [0.3, 0.4) is 0 Å². The maximum atomic E-state index is 13.7. The number of hydrogen-bond donors (Lipinski definition) is 1. The minimum absolute atomic E-state index is 0.00193. The van der Waals surface area contributed by atoms with Crippen LogP contribution in [0.25, 0.3) is 10.9 Å². The number of fused-ring (bicyclic) bond motifs is 2. The van der Waals surface area contributed by atoms with E-state index in [1.54, 1.807) is 30.5 Å². The number of sulfonamides is 1. The van der Waals surface area contributed by atoms with E-state index in [4.69, 9.17) is 4.74 Å². The third-order valence-corrected chi connectivity index (χ3v) is 6.94. The zero-order valence-corrected chi connectivity index (χ0v) is 16.4. The molecule has 0 fully saturated rings. The molecule has 0 saturated carbocycles. The molecule has 0 aliphatic carbocycles. The number of rotatable bonds is 4. The van der Waals surface area contributed by atoms with Crippen LogP contribution in [0.1, 0.15) is 17.5 Å². The van der Waals surface area contributed by atoms with Crippen molar-refractivity contribution in [2.75, 3.05) is 6.61 Å². The lowest BCUT2D eigenvalue weighted by atomic mass is 10.1. The minimum atomic E-state index is -4.04. The molecule has 3 aromatic rings. The van der Waals surface area contributed by atoms with Gasteiger partial charge in [-0.05, 0) is 23.3 Å². The Kier molecular flexibility index (Phi) is 5.31. The van der Waals surface area contributed by atoms with Crippen molar-refractivity contribution in [3.05, 3.63) is 71.9 Å². The number of nitrogens with zero attached hydrogens (tertiary/aromatic N) is 2. The fraction of sp³-hybridized carbons (Fsp3) is 0.238. The lowest BCUT2D eigenvalue weighted by molar-refractivity contribution is -0.138. The molecule has 1 N–H and O–H groups in total. The number of hydrogen-bond acceptors (Lipinski definition) is 5. The Labute approximate surface area is 168 Å². The lowest BCUT2D eigenvalue weighted by Crippen LogP contribution is -2.44. The molecule has 8 heteroatoms. The zero-order chi connectivity index (χ0) is 20.4. The second-order valence-electron chi connectivity index (χ2n) is 6.92. The summed E-state index contributed by atoms with van der Waals surface area (Å²) in [7, 11) is -4.04. The highest BCUT2D eigenvalue weighted by molar-refractivity contribution is 7.89. The summed E-state index contributed by atoms with van der Waals surface area (Å²) in [4.78, 5) is 15.8. The van der Waals surface area contributed by atoms with Crippen molar-refractivity contribution < 1.29 is 23.1 Å². The fourth-order valence-corrected chi connectivity index (χ4v) is 5.35. The highest BCUT2D eigenvalue weighted by atomic mass is 32.2. The Hall–Kier alpha value is -2.81. The first-order chi connectivity index (χ1) is 14.0. The highest BCUT2D eigenvalue weighted by Gasteiger charge is 2.36. The Bertz CT molecular complexity index is 1160. The molecule has 1 atom stereocenters. The number of benzene rings is 2. The van der Waals surface area contributed by atoms with Crippen LogP contribution in [-0.2, 0) is 32.7 Å². The molecular formula is C21H20N2O5S. The highest BCUT2D eigenvalue weighted by Crippen LogP contribution is 2.29. The van der Waals surface area contributed by atoms with Crippen LogP contribution in [0.4, 0.5) is 0 Å². The molecule has 7 nitrogen and oxygen atoms in total. The van der Waals surface area contributed by atoms with Crippen molar-refractivity contribution in [2.45, 2.75) is 30.5 Å². The van der Waals surface area contributed by atoms with Gasteiger partial charge in [0.2, 0.25) is 10.0 Å². The van der Waals surface area contributed by atoms with Gasteiger partial charge in [0.1, 0.15) is 4.90 Å². The summed E-state index contributed by atoms with van der Waals surface area (Å²) >= 11 is 0. The van der Waals surface area contributed by atoms with Crippen LogP contribution in [0, 0.1) is 0 Å². The van der Waals surface area contributed by atoms with Crippen molar-refractivity contribution in [3.8, 4) is 0 Å². The minimum Gasteiger partial charge on any atom is -0.481 e. The quantitative estimate of drug-likeness (QED) is 0.708. The molecule has 1 unspecified atom stereocenters. The normalized spacial score (nSPS) is 18.0. The van der Waals surface area contributed by atoms with Crippen LogP contribution < -0.4 is 0 Å². The van der Waals surface area contributed by atoms with E-state index in [2.05, 4.69) is 4.98 Å². The average Bonchev–Trinajstić information content (AvgIpc) is 2.69. The van der Waals surface area contributed by atoms with Crippen molar-refractivity contribution in [3.63, 3.8) is 0 Å². The number of carboxylic acids is 1. The molecular weight excluding hydrogens is 392 g/mol. The first-order valence-corrected chi connectivity index (χ1v) is 10.6. The predicted octanol–water partition coefficient (Wildman–Crippen LogP) is 2.80. The standard InChI is InChI=1S/C21H20N2O5S/c24-20(25)11-18-14-28-13-17-6-2-1-5-16(17)12-23(18)29(26,27)19-9-3-7-15-8-4-10-22-21(15)19/h1-10,18H,11-14H2,(H,24,25). The van der Waals surface area contributed by atoms with Crippen LogP contribution in [0.5, 0.6) is 0 Å². The summed E-state index contributed by atoms with van der Waals surface area (Å²) in [5.41, 5.74) is 2.04. The van der Waals surface area contributed by atoms with Gasteiger partial charge >= 0.3 is 5.97 Å². The van der Waals surface area contributed by atoms with Gasteiger partial charge in [0.15, 0.2) is 0 Å². The maximum absolute atomic E-state index is 13.7. The molecule has 1 aromatic heterocycles. The van der Waals surface area contributed by atoms with Crippen molar-refractivity contribution in [1.29, 1.82) is 0 Å². The van der Waals surface area contributed by atoms with Gasteiger partial charge in [-0.15, -0.1) is 0 Å². The molecule has 1 aliphatic rings. The molecule has 4 rings (SSSR count). The number of ether oxygens (including phenoxy) is 1. The molecule has 2 aromatic carbocycles. The summed E-state index contributed by atoms with van der Waals surface area (Å²) in [6, 6.07) is 15.1. The van der Waals surface area contributed by atoms with Gasteiger partial charge in [-0.2, -0.15) is 4.31 Å². The fourth-order valence-electron chi connectivity index (χ4n) is 3.59. The summed E-state index contributed by atoms with van der Waals surface area (Å²) in [5, 5.41) is 10.1. The largest absolute Gasteiger partial charge is 0.481 e. The number of carboxylic acid groups (broad SMARTS) is 1. The second-order valence-corrected chi connectivity index (χ2v) is 8.78. The van der Waals surface area contributed by atoms with Gasteiger partial charge in [-0.25, -0.2) is 8.42 Å². The SMILES string of the molecule is O=C(O)CC1COCc2ccccc2CN1S(=O)(=O)c1cccc2cccnc12. The van der Waals surface area contributed by atoms with Crippen LogP contribution >= 0.6 is 0 Å². The number of carbonyl (C=O) groups is 1. The van der Waals surface area contributed by atoms with Gasteiger partial charge in [0.05, 0.1) is 31.2 Å². The van der Waals surface area contributed by atoms with Gasteiger partial charge in [0, 0.05) is 18.1 Å². The van der Waals surface area contributed by atoms with Gasteiger partial charge < -0.3 is 9.84 Å². The van der Waals surface area contributed by atoms with Gasteiger partial charge in [-0.3, -0.25) is 9.78 Å². The first kappa shape index (κ1) is 19.5. The molecule has 0 bridgehead atoms. The van der Waals surface area contributed by atoms with E-state index < -0.39 is 22.0 Å². The van der Waals surface area contributed by atoms with Crippen LogP contribution in [-0.4, -0.2) is 41.4 Å². The van der Waals surface area contributed by atoms with Gasteiger partial charge in [0.25, 0.3) is 0 Å². The van der Waals surface area contributed by atoms with Crippen molar-refractivity contribution in [2.24, 2.45) is 0 Å². The maximum Gasteiger partial charge on any atom is 0.305 e. The Morgan fingerprint density at radius 2 is 1.86 bits per heavy atom. The molecule has 0 radical (unpaired) electrons. The first-order valence-electron chi connectivity index (χ1n) is 9.19. The molecule has 0 spiro atoms. The predicted molar refractivity (Wildman–Crippen MR) is 107 cm³/mol. The van der Waals surface area contributed by atoms with E-state index in [-0.39, 0.29) is 24.5 Å². The topological polar surface area (TPSA) is 96.8 Å². The van der Waals surface area contributed by atoms with E-state index in [0.717, 1.165) is 11.1 Å². The molecule has 29 heavy (non-hydrogen) atoms. The van der Waals surface area contributed by atoms with Crippen LogP contribution in [0.15, 0.2) is 65.7 Å². The Morgan fingerprint density at radius 1 is 1.10 bits per heavy atom. The van der Waals surface area contributed by atoms with Gasteiger partial charge in [-0.1, -0.05) is 42.5 Å². The summed E-state index contributed by atoms with van der Waals surface area (Å²) in [5.74, 6) is -1.08. The number of aliphatic carboxylic acids is 1. The molecule has 1 aliphatic heterocycles. The smallest absolute Gasteiger partial charge is 0.305 e. The van der Waals surface area contributed by atoms with E-state index in [0.29, 0.717) is 17.5 Å². The number of para-hydroxylation sites is 1. The van der Waals surface area contributed by atoms with E-state index in [1.807, 2.05) is 24.3 Å². The summed E-state index contributed by atoms with van der Waals surface area (Å²) < 4.78 is 34.3. The molecule has 2 heterocycles. The number of pyridine rings is 1. The summed E-state index contributed by atoms with van der Waals surface area (Å²) in [6.45, 7) is 0.386. The summed E-state index contributed by atoms with van der Waals surface area (Å²) in [6.07, 6.45) is 1.20. The lowest BCUT2D eigenvalue weighted by Gasteiger charge is -2.32. The average molecular weight is 412 g/mol. The zero-order valence-electron chi connectivity index (χ0n) is 15.6. The Balaban J connectivity index is 1.85. The van der Waals surface area contributed by atoms with E-state index in [9.17, 15) is 18.3 Å². The second kappa shape index (κ2) is 7.90. The van der Waals surface area contributed by atoms with Crippen molar-refractivity contribution >= 4 is 26.9 Å². The van der Waals surface area contributed by atoms with E-state index in [1.165, 1.54) is 10.4 Å². The van der Waals surface area contributed by atoms with Crippen LogP contribution in [0.2, 0.25) is 0 Å². The van der Waals surface area contributed by atoms with E-state index >= 15 is 0 Å². The van der Waals surface area contributed by atoms with Crippen molar-refractivity contribution in [1.82, 2.24) is 9.29 Å². The Morgan fingerprint density at radius 3 is 2.66 bits per heavy atom. The molecule has 0 amide bonds. The number of aromatic nitrogens is 1.